The molecule has 9 rings (SSSR count). The molecule has 0 amide bonds. The van der Waals surface area contributed by atoms with Gasteiger partial charge in [-0.2, -0.15) is 0 Å². The maximum absolute atomic E-state index is 6.21. The predicted octanol–water partition coefficient (Wildman–Crippen LogP) is 11.3. The highest BCUT2D eigenvalue weighted by atomic mass is 16.5. The van der Waals surface area contributed by atoms with Crippen molar-refractivity contribution in [1.82, 2.24) is 0 Å². The molecule has 64 heavy (non-hydrogen) atoms. The number of hydrogen-bond donors (Lipinski definition) is 0. The minimum absolute atomic E-state index is 0.101. The Labute approximate surface area is 379 Å². The standard InChI is InChI=1S/C60H48B2O2/c1-63-55-39-23-21-37-53(55)57(59(47-25-9-3-10-26-47)61(49-29-13-5-14-30-49)50-31-15-6-16-32-50)45-41-43-46(44-42-45)58(54-38-22-24-40-56(54)64-2)60(48-27-11-4-12-28-48)62(51-33-17-7-18-34-51)52-35-19-8-20-36-52/h3-44H,1-2H3/b59-57-,60-58-. The van der Waals surface area contributed by atoms with Gasteiger partial charge in [0.1, 0.15) is 11.5 Å². The van der Waals surface area contributed by atoms with Gasteiger partial charge in [-0.25, -0.2) is 0 Å². The van der Waals surface area contributed by atoms with Gasteiger partial charge >= 0.3 is 0 Å². The molecule has 0 aliphatic rings. The Morgan fingerprint density at radius 1 is 0.266 bits per heavy atom. The van der Waals surface area contributed by atoms with Crippen molar-refractivity contribution in [3.63, 3.8) is 0 Å². The molecule has 9 aromatic carbocycles. The Bertz CT molecular complexity index is 2690. The summed E-state index contributed by atoms with van der Waals surface area (Å²) in [5, 5.41) is 0. The minimum Gasteiger partial charge on any atom is -0.496 e. The maximum Gasteiger partial charge on any atom is 0.242 e. The summed E-state index contributed by atoms with van der Waals surface area (Å²) in [4.78, 5) is 0. The fraction of sp³-hybridized carbons (Fsp3) is 0.0333. The Kier molecular flexibility index (Phi) is 12.9. The molecule has 0 saturated heterocycles. The van der Waals surface area contributed by atoms with E-state index in [0.717, 1.165) is 56.0 Å². The molecule has 9 aromatic rings. The first-order valence-electron chi connectivity index (χ1n) is 21.9. The van der Waals surface area contributed by atoms with E-state index in [2.05, 4.69) is 243 Å². The molecule has 0 N–H and O–H groups in total. The van der Waals surface area contributed by atoms with Gasteiger partial charge in [0, 0.05) is 11.1 Å². The second-order valence-electron chi connectivity index (χ2n) is 15.8. The van der Waals surface area contributed by atoms with Crippen LogP contribution in [-0.4, -0.2) is 27.6 Å². The third-order valence-corrected chi connectivity index (χ3v) is 12.0. The average molecular weight is 823 g/mol. The summed E-state index contributed by atoms with van der Waals surface area (Å²) < 4.78 is 12.4. The topological polar surface area (TPSA) is 18.5 Å². The molecule has 0 radical (unpaired) electrons. The smallest absolute Gasteiger partial charge is 0.242 e. The minimum atomic E-state index is -0.101. The lowest BCUT2D eigenvalue weighted by molar-refractivity contribution is 0.413. The molecule has 306 valence electrons. The first-order chi connectivity index (χ1) is 31.7. The van der Waals surface area contributed by atoms with E-state index in [1.165, 1.54) is 32.8 Å². The molecular formula is C60H48B2O2. The van der Waals surface area contributed by atoms with Gasteiger partial charge in [-0.1, -0.05) is 275 Å². The van der Waals surface area contributed by atoms with Crippen molar-refractivity contribution in [3.05, 3.63) is 288 Å². The molecule has 0 aliphatic heterocycles. The van der Waals surface area contributed by atoms with Crippen molar-refractivity contribution in [1.29, 1.82) is 0 Å². The third-order valence-electron chi connectivity index (χ3n) is 12.0. The molecule has 0 heterocycles. The van der Waals surface area contributed by atoms with E-state index in [0.29, 0.717) is 0 Å². The van der Waals surface area contributed by atoms with Crippen LogP contribution in [-0.2, 0) is 0 Å². The number of ether oxygens (including phenoxy) is 2. The van der Waals surface area contributed by atoms with Gasteiger partial charge in [0.15, 0.2) is 0 Å². The van der Waals surface area contributed by atoms with Crippen molar-refractivity contribution in [2.45, 2.75) is 0 Å². The van der Waals surface area contributed by atoms with Crippen LogP contribution < -0.4 is 31.3 Å². The van der Waals surface area contributed by atoms with Crippen LogP contribution in [0.3, 0.4) is 0 Å². The van der Waals surface area contributed by atoms with Crippen LogP contribution in [0.4, 0.5) is 0 Å². The van der Waals surface area contributed by atoms with Crippen molar-refractivity contribution in [2.24, 2.45) is 0 Å². The van der Waals surface area contributed by atoms with E-state index in [9.17, 15) is 0 Å². The molecule has 0 atom stereocenters. The summed E-state index contributed by atoms with van der Waals surface area (Å²) in [6.07, 6.45) is 0. The van der Waals surface area contributed by atoms with Crippen LogP contribution in [0.2, 0.25) is 0 Å². The molecule has 0 unspecified atom stereocenters. The Morgan fingerprint density at radius 3 is 0.797 bits per heavy atom. The number of benzene rings is 9. The zero-order chi connectivity index (χ0) is 43.5. The highest BCUT2D eigenvalue weighted by molar-refractivity contribution is 7.01. The fourth-order valence-corrected chi connectivity index (χ4v) is 9.20. The molecule has 0 aliphatic carbocycles. The Balaban J connectivity index is 1.38. The van der Waals surface area contributed by atoms with E-state index in [4.69, 9.17) is 9.47 Å². The van der Waals surface area contributed by atoms with Gasteiger partial charge in [0.05, 0.1) is 14.2 Å². The van der Waals surface area contributed by atoms with Gasteiger partial charge in [0.2, 0.25) is 13.4 Å². The highest BCUT2D eigenvalue weighted by Crippen LogP contribution is 2.42. The van der Waals surface area contributed by atoms with E-state index in [1.807, 2.05) is 12.1 Å². The monoisotopic (exact) mass is 822 g/mol. The second kappa shape index (κ2) is 19.9. The van der Waals surface area contributed by atoms with E-state index in [1.54, 1.807) is 14.2 Å². The summed E-state index contributed by atoms with van der Waals surface area (Å²) in [5.41, 5.74) is 15.9. The quantitative estimate of drug-likeness (QED) is 0.0803. The van der Waals surface area contributed by atoms with Gasteiger partial charge in [-0.3, -0.25) is 0 Å². The van der Waals surface area contributed by atoms with E-state index in [-0.39, 0.29) is 13.4 Å². The van der Waals surface area contributed by atoms with Gasteiger partial charge in [-0.15, -0.1) is 0 Å². The summed E-state index contributed by atoms with van der Waals surface area (Å²) in [6.45, 7) is -0.203. The number of methoxy groups -OCH3 is 2. The Morgan fingerprint density at radius 2 is 0.516 bits per heavy atom. The maximum atomic E-state index is 6.21. The largest absolute Gasteiger partial charge is 0.496 e. The lowest BCUT2D eigenvalue weighted by Crippen LogP contribution is -2.44. The molecule has 4 heteroatoms. The number of rotatable bonds is 14. The SMILES string of the molecule is COc1ccccc1/C(=C(\B(c1ccccc1)c1ccccc1)c1ccccc1)c1ccc(/C(=C(/B(c2ccccc2)c2ccccc2)c2ccccc2)c2ccccc2OC)cc1. The normalized spacial score (nSPS) is 11.8. The van der Waals surface area contributed by atoms with Crippen LogP contribution in [0.25, 0.3) is 22.1 Å². The Hall–Kier alpha value is -7.81. The summed E-state index contributed by atoms with van der Waals surface area (Å²) in [6, 6.07) is 91.1. The van der Waals surface area contributed by atoms with Crippen molar-refractivity contribution in [3.8, 4) is 11.5 Å². The van der Waals surface area contributed by atoms with Crippen molar-refractivity contribution >= 4 is 57.4 Å². The molecule has 0 bridgehead atoms. The first kappa shape index (κ1) is 41.5. The predicted molar refractivity (Wildman–Crippen MR) is 273 cm³/mol. The molecule has 0 spiro atoms. The van der Waals surface area contributed by atoms with Crippen molar-refractivity contribution in [2.75, 3.05) is 14.2 Å². The van der Waals surface area contributed by atoms with E-state index >= 15 is 0 Å². The lowest BCUT2D eigenvalue weighted by atomic mass is 9.34. The van der Waals surface area contributed by atoms with Crippen LogP contribution in [0.1, 0.15) is 33.4 Å². The van der Waals surface area contributed by atoms with Crippen molar-refractivity contribution < 1.29 is 9.47 Å². The summed E-state index contributed by atoms with van der Waals surface area (Å²) >= 11 is 0. The van der Waals surface area contributed by atoms with E-state index < -0.39 is 0 Å². The molecule has 2 nitrogen and oxygen atoms in total. The van der Waals surface area contributed by atoms with Crippen LogP contribution in [0.5, 0.6) is 11.5 Å². The zero-order valence-corrected chi connectivity index (χ0v) is 36.2. The van der Waals surface area contributed by atoms with Gasteiger partial charge in [0.25, 0.3) is 0 Å². The van der Waals surface area contributed by atoms with Crippen LogP contribution in [0, 0.1) is 0 Å². The van der Waals surface area contributed by atoms with Gasteiger partial charge in [-0.05, 0) is 45.5 Å². The molecular weight excluding hydrogens is 774 g/mol. The first-order valence-corrected chi connectivity index (χ1v) is 21.9. The summed E-state index contributed by atoms with van der Waals surface area (Å²) in [5.74, 6) is 1.62. The third kappa shape index (κ3) is 8.77. The molecule has 0 saturated carbocycles. The zero-order valence-electron chi connectivity index (χ0n) is 36.2. The fourth-order valence-electron chi connectivity index (χ4n) is 9.20. The van der Waals surface area contributed by atoms with Crippen LogP contribution >= 0.6 is 0 Å². The number of hydrogen-bond acceptors (Lipinski definition) is 2. The average Bonchev–Trinajstić information content (AvgIpc) is 3.38. The van der Waals surface area contributed by atoms with Crippen LogP contribution in [0.15, 0.2) is 255 Å². The molecule has 0 fully saturated rings. The highest BCUT2D eigenvalue weighted by Gasteiger charge is 2.32. The lowest BCUT2D eigenvalue weighted by Gasteiger charge is -2.26. The molecule has 0 aromatic heterocycles. The second-order valence-corrected chi connectivity index (χ2v) is 15.8. The number of para-hydroxylation sites is 2. The van der Waals surface area contributed by atoms with Gasteiger partial charge < -0.3 is 9.47 Å². The summed E-state index contributed by atoms with van der Waals surface area (Å²) in [7, 11) is 3.53.